The summed E-state index contributed by atoms with van der Waals surface area (Å²) in [5.41, 5.74) is 0.164. The summed E-state index contributed by atoms with van der Waals surface area (Å²) in [5.74, 6) is -0.0557. The van der Waals surface area contributed by atoms with Crippen molar-refractivity contribution in [3.63, 3.8) is 0 Å². The highest BCUT2D eigenvalue weighted by atomic mass is 79.9. The number of benzene rings is 1. The van der Waals surface area contributed by atoms with Crippen LogP contribution in [0.1, 0.15) is 56.8 Å². The number of rotatable bonds is 3. The first-order chi connectivity index (χ1) is 11.2. The average molecular weight is 397 g/mol. The highest BCUT2D eigenvalue weighted by Gasteiger charge is 2.25. The van der Waals surface area contributed by atoms with Gasteiger partial charge in [0.25, 0.3) is 5.91 Å². The molecule has 0 heterocycles. The van der Waals surface area contributed by atoms with E-state index in [-0.39, 0.29) is 24.1 Å². The zero-order valence-electron chi connectivity index (χ0n) is 14.4. The molecule has 0 aliphatic heterocycles. The Labute approximate surface area is 151 Å². The Balaban J connectivity index is 1.76. The van der Waals surface area contributed by atoms with Gasteiger partial charge in [-0.25, -0.2) is 4.79 Å². The SMILES string of the molecule is CC(C)(C)OC(=O)NC1CCC(NC(=O)c2cccc(Br)c2)CC1. The molecule has 1 fully saturated rings. The number of halogens is 1. The van der Waals surface area contributed by atoms with Crippen molar-refractivity contribution in [2.24, 2.45) is 0 Å². The highest BCUT2D eigenvalue weighted by molar-refractivity contribution is 9.10. The fourth-order valence-electron chi connectivity index (χ4n) is 2.75. The van der Waals surface area contributed by atoms with Gasteiger partial charge < -0.3 is 15.4 Å². The van der Waals surface area contributed by atoms with Gasteiger partial charge in [0.15, 0.2) is 0 Å². The van der Waals surface area contributed by atoms with Crippen molar-refractivity contribution in [3.8, 4) is 0 Å². The first kappa shape index (κ1) is 18.8. The van der Waals surface area contributed by atoms with Gasteiger partial charge in [0, 0.05) is 22.1 Å². The summed E-state index contributed by atoms with van der Waals surface area (Å²) in [7, 11) is 0. The molecule has 0 saturated heterocycles. The Kier molecular flexibility index (Phi) is 6.27. The van der Waals surface area contributed by atoms with E-state index in [4.69, 9.17) is 4.74 Å². The van der Waals surface area contributed by atoms with Crippen LogP contribution in [0, 0.1) is 0 Å². The Hall–Kier alpha value is -1.56. The molecule has 1 aromatic carbocycles. The molecular formula is C18H25BrN2O3. The monoisotopic (exact) mass is 396 g/mol. The zero-order valence-corrected chi connectivity index (χ0v) is 16.0. The number of amides is 2. The standard InChI is InChI=1S/C18H25BrN2O3/c1-18(2,3)24-17(23)21-15-9-7-14(8-10-15)20-16(22)12-5-4-6-13(19)11-12/h4-6,11,14-15H,7-10H2,1-3H3,(H,20,22)(H,21,23). The number of carbonyl (C=O) groups excluding carboxylic acids is 2. The molecule has 1 aromatic rings. The Bertz CT molecular complexity index is 590. The predicted molar refractivity (Wildman–Crippen MR) is 97.0 cm³/mol. The third-order valence-corrected chi connectivity index (χ3v) is 4.36. The summed E-state index contributed by atoms with van der Waals surface area (Å²) in [6.07, 6.45) is 3.00. The van der Waals surface area contributed by atoms with Crippen molar-refractivity contribution in [1.29, 1.82) is 0 Å². The Morgan fingerprint density at radius 2 is 1.67 bits per heavy atom. The Morgan fingerprint density at radius 3 is 2.21 bits per heavy atom. The minimum atomic E-state index is -0.487. The van der Waals surface area contributed by atoms with Gasteiger partial charge in [-0.3, -0.25) is 4.79 Å². The van der Waals surface area contributed by atoms with E-state index in [1.54, 1.807) is 6.07 Å². The fraction of sp³-hybridized carbons (Fsp3) is 0.556. The minimum absolute atomic E-state index is 0.0557. The second-order valence-electron chi connectivity index (χ2n) is 7.18. The molecule has 132 valence electrons. The lowest BCUT2D eigenvalue weighted by Crippen LogP contribution is -2.45. The van der Waals surface area contributed by atoms with Gasteiger partial charge >= 0.3 is 6.09 Å². The number of alkyl carbamates (subject to hydrolysis) is 1. The second-order valence-corrected chi connectivity index (χ2v) is 8.09. The normalized spacial score (nSPS) is 21.0. The van der Waals surface area contributed by atoms with Crippen molar-refractivity contribution in [1.82, 2.24) is 10.6 Å². The number of hydrogen-bond donors (Lipinski definition) is 2. The molecule has 2 N–H and O–H groups in total. The first-order valence-corrected chi connectivity index (χ1v) is 9.08. The third kappa shape index (κ3) is 6.15. The lowest BCUT2D eigenvalue weighted by atomic mass is 9.91. The molecule has 24 heavy (non-hydrogen) atoms. The molecule has 5 nitrogen and oxygen atoms in total. The van der Waals surface area contributed by atoms with Crippen LogP contribution in [0.25, 0.3) is 0 Å². The molecule has 0 aromatic heterocycles. The third-order valence-electron chi connectivity index (χ3n) is 3.87. The van der Waals surface area contributed by atoms with Gasteiger partial charge in [0.05, 0.1) is 0 Å². The van der Waals surface area contributed by atoms with Crippen LogP contribution in [0.3, 0.4) is 0 Å². The molecule has 1 saturated carbocycles. The number of ether oxygens (including phenoxy) is 1. The quantitative estimate of drug-likeness (QED) is 0.810. The van der Waals surface area contributed by atoms with E-state index in [9.17, 15) is 9.59 Å². The van der Waals surface area contributed by atoms with Gasteiger partial charge in [-0.1, -0.05) is 22.0 Å². The molecule has 0 spiro atoms. The molecule has 1 aliphatic carbocycles. The minimum Gasteiger partial charge on any atom is -0.444 e. The molecule has 0 bridgehead atoms. The van der Waals surface area contributed by atoms with Crippen LogP contribution in [-0.2, 0) is 4.74 Å². The van der Waals surface area contributed by atoms with Crippen molar-refractivity contribution in [2.45, 2.75) is 64.1 Å². The van der Waals surface area contributed by atoms with Gasteiger partial charge in [-0.15, -0.1) is 0 Å². The van der Waals surface area contributed by atoms with Crippen molar-refractivity contribution >= 4 is 27.9 Å². The molecule has 1 aliphatic rings. The number of carbonyl (C=O) groups is 2. The van der Waals surface area contributed by atoms with E-state index in [0.717, 1.165) is 30.2 Å². The van der Waals surface area contributed by atoms with Gasteiger partial charge in [0.2, 0.25) is 0 Å². The van der Waals surface area contributed by atoms with E-state index in [2.05, 4.69) is 26.6 Å². The number of nitrogens with one attached hydrogen (secondary N) is 2. The highest BCUT2D eigenvalue weighted by Crippen LogP contribution is 2.20. The summed E-state index contributed by atoms with van der Waals surface area (Å²) in [4.78, 5) is 24.1. The topological polar surface area (TPSA) is 67.4 Å². The van der Waals surface area contributed by atoms with Crippen molar-refractivity contribution in [2.75, 3.05) is 0 Å². The maximum atomic E-state index is 12.3. The van der Waals surface area contributed by atoms with E-state index in [1.165, 1.54) is 0 Å². The maximum absolute atomic E-state index is 12.3. The number of hydrogen-bond acceptors (Lipinski definition) is 3. The largest absolute Gasteiger partial charge is 0.444 e. The average Bonchev–Trinajstić information content (AvgIpc) is 2.47. The summed E-state index contributed by atoms with van der Waals surface area (Å²) in [5, 5.41) is 5.98. The van der Waals surface area contributed by atoms with E-state index < -0.39 is 5.60 Å². The van der Waals surface area contributed by atoms with E-state index in [0.29, 0.717) is 5.56 Å². The Morgan fingerprint density at radius 1 is 1.08 bits per heavy atom. The predicted octanol–water partition coefficient (Wildman–Crippen LogP) is 4.01. The van der Waals surface area contributed by atoms with Crippen LogP contribution in [0.15, 0.2) is 28.7 Å². The summed E-state index contributed by atoms with van der Waals surface area (Å²) >= 11 is 3.37. The summed E-state index contributed by atoms with van der Waals surface area (Å²) in [6.45, 7) is 5.54. The van der Waals surface area contributed by atoms with Gasteiger partial charge in [-0.2, -0.15) is 0 Å². The fourth-order valence-corrected chi connectivity index (χ4v) is 3.15. The van der Waals surface area contributed by atoms with E-state index in [1.807, 2.05) is 39.0 Å². The lowest BCUT2D eigenvalue weighted by molar-refractivity contribution is 0.0488. The maximum Gasteiger partial charge on any atom is 0.407 e. The second kappa shape index (κ2) is 8.01. The molecular weight excluding hydrogens is 372 g/mol. The van der Waals surface area contributed by atoms with Crippen LogP contribution in [0.4, 0.5) is 4.79 Å². The molecule has 6 heteroatoms. The van der Waals surface area contributed by atoms with Crippen LogP contribution >= 0.6 is 15.9 Å². The summed E-state index contributed by atoms with van der Waals surface area (Å²) < 4.78 is 6.17. The summed E-state index contributed by atoms with van der Waals surface area (Å²) in [6, 6.07) is 7.61. The van der Waals surface area contributed by atoms with Crippen LogP contribution in [-0.4, -0.2) is 29.7 Å². The first-order valence-electron chi connectivity index (χ1n) is 8.29. The smallest absolute Gasteiger partial charge is 0.407 e. The molecule has 0 unspecified atom stereocenters. The van der Waals surface area contributed by atoms with E-state index >= 15 is 0 Å². The molecule has 0 radical (unpaired) electrons. The van der Waals surface area contributed by atoms with Crippen LogP contribution in [0.5, 0.6) is 0 Å². The molecule has 2 rings (SSSR count). The molecule has 0 atom stereocenters. The van der Waals surface area contributed by atoms with Crippen molar-refractivity contribution < 1.29 is 14.3 Å². The van der Waals surface area contributed by atoms with Crippen molar-refractivity contribution in [3.05, 3.63) is 34.3 Å². The van der Waals surface area contributed by atoms with Crippen LogP contribution < -0.4 is 10.6 Å². The van der Waals surface area contributed by atoms with Crippen LogP contribution in [0.2, 0.25) is 0 Å². The lowest BCUT2D eigenvalue weighted by Gasteiger charge is -2.30. The molecule has 2 amide bonds. The van der Waals surface area contributed by atoms with Gasteiger partial charge in [0.1, 0.15) is 5.60 Å². The van der Waals surface area contributed by atoms with Gasteiger partial charge in [-0.05, 0) is 64.7 Å². The zero-order chi connectivity index (χ0) is 17.7.